The third-order valence-electron chi connectivity index (χ3n) is 4.47. The van der Waals surface area contributed by atoms with Crippen LogP contribution in [0.15, 0.2) is 48.7 Å². The summed E-state index contributed by atoms with van der Waals surface area (Å²) in [5.74, 6) is -0.860. The van der Waals surface area contributed by atoms with Crippen molar-refractivity contribution in [2.24, 2.45) is 0 Å². The highest BCUT2D eigenvalue weighted by molar-refractivity contribution is 5.95. The van der Waals surface area contributed by atoms with Crippen LogP contribution < -0.4 is 10.1 Å². The number of benzene rings is 2. The number of aryl methyl sites for hydroxylation is 1. The molecule has 0 bridgehead atoms. The lowest BCUT2D eigenvalue weighted by atomic mass is 10.1. The topological polar surface area (TPSA) is 56.1 Å². The van der Waals surface area contributed by atoms with Crippen LogP contribution in [0.3, 0.4) is 0 Å². The number of ether oxygens (including phenoxy) is 1. The van der Waals surface area contributed by atoms with Crippen molar-refractivity contribution >= 4 is 5.91 Å². The smallest absolute Gasteiger partial charge is 0.434 e. The largest absolute Gasteiger partial charge is 0.496 e. The average Bonchev–Trinajstić information content (AvgIpc) is 3.14. The Hall–Kier alpha value is -3.36. The zero-order valence-electron chi connectivity index (χ0n) is 16.3. The van der Waals surface area contributed by atoms with Gasteiger partial charge >= 0.3 is 6.18 Å². The average molecular weight is 421 g/mol. The van der Waals surface area contributed by atoms with Crippen molar-refractivity contribution in [3.63, 3.8) is 0 Å². The van der Waals surface area contributed by atoms with Gasteiger partial charge in [-0.1, -0.05) is 17.7 Å². The zero-order valence-corrected chi connectivity index (χ0v) is 16.3. The Labute approximate surface area is 170 Å². The predicted octanol–water partition coefficient (Wildman–Crippen LogP) is 4.32. The molecule has 0 aliphatic rings. The fraction of sp³-hybridized carbons (Fsp3) is 0.238. The van der Waals surface area contributed by atoms with E-state index >= 15 is 0 Å². The van der Waals surface area contributed by atoms with E-state index < -0.39 is 29.2 Å². The molecular formula is C21H19F4N3O2. The van der Waals surface area contributed by atoms with E-state index in [1.165, 1.54) is 7.11 Å². The van der Waals surface area contributed by atoms with Gasteiger partial charge in [-0.3, -0.25) is 4.79 Å². The minimum absolute atomic E-state index is 0.00716. The molecule has 0 saturated carbocycles. The van der Waals surface area contributed by atoms with E-state index in [1.807, 2.05) is 19.1 Å². The van der Waals surface area contributed by atoms with Crippen LogP contribution in [0, 0.1) is 12.7 Å². The molecule has 9 heteroatoms. The van der Waals surface area contributed by atoms with Gasteiger partial charge in [0.1, 0.15) is 11.6 Å². The molecule has 30 heavy (non-hydrogen) atoms. The summed E-state index contributed by atoms with van der Waals surface area (Å²) in [7, 11) is 1.52. The molecular weight excluding hydrogens is 402 g/mol. The Bertz CT molecular complexity index is 1040. The summed E-state index contributed by atoms with van der Waals surface area (Å²) < 4.78 is 59.9. The molecule has 0 unspecified atom stereocenters. The lowest BCUT2D eigenvalue weighted by Crippen LogP contribution is -2.28. The molecule has 1 amide bonds. The first-order chi connectivity index (χ1) is 14.2. The van der Waals surface area contributed by atoms with Gasteiger partial charge in [0.05, 0.1) is 24.6 Å². The number of carbonyl (C=O) groups is 1. The summed E-state index contributed by atoms with van der Waals surface area (Å²) in [4.78, 5) is 12.5. The van der Waals surface area contributed by atoms with Crippen LogP contribution in [-0.2, 0) is 12.6 Å². The number of aromatic nitrogens is 2. The van der Waals surface area contributed by atoms with Crippen LogP contribution in [0.1, 0.15) is 27.2 Å². The molecule has 0 aliphatic carbocycles. The van der Waals surface area contributed by atoms with Crippen molar-refractivity contribution in [2.75, 3.05) is 13.7 Å². The van der Waals surface area contributed by atoms with E-state index in [0.29, 0.717) is 16.9 Å². The first kappa shape index (κ1) is 21.4. The van der Waals surface area contributed by atoms with Crippen LogP contribution in [0.5, 0.6) is 5.75 Å². The highest BCUT2D eigenvalue weighted by atomic mass is 19.4. The highest BCUT2D eigenvalue weighted by Crippen LogP contribution is 2.33. The molecule has 158 valence electrons. The second-order valence-corrected chi connectivity index (χ2v) is 6.61. The Morgan fingerprint density at radius 1 is 1.17 bits per heavy atom. The Morgan fingerprint density at radius 2 is 1.87 bits per heavy atom. The van der Waals surface area contributed by atoms with E-state index in [4.69, 9.17) is 4.74 Å². The lowest BCUT2D eigenvalue weighted by molar-refractivity contribution is -0.143. The third kappa shape index (κ3) is 4.61. The number of hydrogen-bond acceptors (Lipinski definition) is 3. The monoisotopic (exact) mass is 421 g/mol. The molecule has 3 rings (SSSR count). The Morgan fingerprint density at radius 3 is 2.50 bits per heavy atom. The molecule has 1 aromatic heterocycles. The summed E-state index contributed by atoms with van der Waals surface area (Å²) in [6.07, 6.45) is -3.60. The molecule has 0 spiro atoms. The van der Waals surface area contributed by atoms with Crippen molar-refractivity contribution in [1.29, 1.82) is 0 Å². The second-order valence-electron chi connectivity index (χ2n) is 6.61. The van der Waals surface area contributed by atoms with Gasteiger partial charge in [0.15, 0.2) is 5.69 Å². The van der Waals surface area contributed by atoms with Crippen molar-refractivity contribution in [1.82, 2.24) is 15.1 Å². The number of nitrogens with zero attached hydrogens (tertiary/aromatic N) is 2. The number of carbonyl (C=O) groups excluding carboxylic acids is 1. The first-order valence-corrected chi connectivity index (χ1v) is 9.03. The summed E-state index contributed by atoms with van der Waals surface area (Å²) in [5, 5.41) is 6.20. The van der Waals surface area contributed by atoms with E-state index in [9.17, 15) is 22.4 Å². The maximum atomic E-state index is 13.7. The highest BCUT2D eigenvalue weighted by Gasteiger charge is 2.40. The van der Waals surface area contributed by atoms with Gasteiger partial charge in [0.2, 0.25) is 0 Å². The number of amides is 1. The number of rotatable bonds is 6. The van der Waals surface area contributed by atoms with Crippen LogP contribution in [-0.4, -0.2) is 29.3 Å². The molecule has 1 N–H and O–H groups in total. The summed E-state index contributed by atoms with van der Waals surface area (Å²) in [6.45, 7) is 2.01. The fourth-order valence-corrected chi connectivity index (χ4v) is 3.07. The molecule has 2 aromatic carbocycles. The molecule has 0 atom stereocenters. The lowest BCUT2D eigenvalue weighted by Gasteiger charge is -2.13. The predicted molar refractivity (Wildman–Crippen MR) is 102 cm³/mol. The minimum Gasteiger partial charge on any atom is -0.496 e. The van der Waals surface area contributed by atoms with E-state index in [1.54, 1.807) is 6.07 Å². The van der Waals surface area contributed by atoms with Crippen molar-refractivity contribution in [3.8, 4) is 11.4 Å². The molecule has 0 saturated heterocycles. The van der Waals surface area contributed by atoms with Crippen molar-refractivity contribution in [3.05, 3.63) is 76.9 Å². The summed E-state index contributed by atoms with van der Waals surface area (Å²) >= 11 is 0. The first-order valence-electron chi connectivity index (χ1n) is 9.03. The van der Waals surface area contributed by atoms with Crippen molar-refractivity contribution in [2.45, 2.75) is 19.5 Å². The third-order valence-corrected chi connectivity index (χ3v) is 4.47. The SMILES string of the molecule is COc1ccc(C)cc1CCNC(=O)c1cnn(-c2ccc(F)cc2)c1C(F)(F)F. The summed E-state index contributed by atoms with van der Waals surface area (Å²) in [6, 6.07) is 9.91. The normalized spacial score (nSPS) is 11.4. The van der Waals surface area contributed by atoms with Gasteiger partial charge in [-0.05, 0) is 49.2 Å². The molecule has 0 aliphatic heterocycles. The number of methoxy groups -OCH3 is 1. The molecule has 3 aromatic rings. The van der Waals surface area contributed by atoms with Crippen LogP contribution in [0.4, 0.5) is 17.6 Å². The quantitative estimate of drug-likeness (QED) is 0.603. The maximum Gasteiger partial charge on any atom is 0.434 e. The van der Waals surface area contributed by atoms with E-state index in [-0.39, 0.29) is 12.2 Å². The van der Waals surface area contributed by atoms with Gasteiger partial charge in [-0.25, -0.2) is 9.07 Å². The van der Waals surface area contributed by atoms with Gasteiger partial charge in [0, 0.05) is 6.54 Å². The van der Waals surface area contributed by atoms with Gasteiger partial charge in [0.25, 0.3) is 5.91 Å². The van der Waals surface area contributed by atoms with Crippen LogP contribution in [0.2, 0.25) is 0 Å². The van der Waals surface area contributed by atoms with Crippen LogP contribution in [0.25, 0.3) is 5.69 Å². The fourth-order valence-electron chi connectivity index (χ4n) is 3.07. The Kier molecular flexibility index (Phi) is 6.09. The van der Waals surface area contributed by atoms with Crippen molar-refractivity contribution < 1.29 is 27.1 Å². The van der Waals surface area contributed by atoms with Gasteiger partial charge in [-0.2, -0.15) is 18.3 Å². The van der Waals surface area contributed by atoms with Gasteiger partial charge in [-0.15, -0.1) is 0 Å². The van der Waals surface area contributed by atoms with Crippen LogP contribution >= 0.6 is 0 Å². The zero-order chi connectivity index (χ0) is 21.9. The number of alkyl halides is 3. The molecule has 1 heterocycles. The standard InChI is InChI=1S/C21H19F4N3O2/c1-13-3-8-18(30-2)14(11-13)9-10-26-20(29)17-12-27-28(19(17)21(23,24)25)16-6-4-15(22)5-7-16/h3-8,11-12H,9-10H2,1-2H3,(H,26,29). The minimum atomic E-state index is -4.84. The molecule has 0 radical (unpaired) electrons. The number of hydrogen-bond donors (Lipinski definition) is 1. The second kappa shape index (κ2) is 8.56. The molecule has 0 fully saturated rings. The maximum absolute atomic E-state index is 13.7. The van der Waals surface area contributed by atoms with Gasteiger partial charge < -0.3 is 10.1 Å². The van der Waals surface area contributed by atoms with E-state index in [0.717, 1.165) is 41.6 Å². The molecule has 5 nitrogen and oxygen atoms in total. The number of nitrogens with one attached hydrogen (secondary N) is 1. The number of halogens is 4. The Balaban J connectivity index is 1.81. The van der Waals surface area contributed by atoms with E-state index in [2.05, 4.69) is 10.4 Å². The summed E-state index contributed by atoms with van der Waals surface area (Å²) in [5.41, 5.74) is -0.0111.